The molecule has 2 heterocycles. The zero-order valence-corrected chi connectivity index (χ0v) is 12.8. The molecule has 0 radical (unpaired) electrons. The van der Waals surface area contributed by atoms with Gasteiger partial charge in [-0.25, -0.2) is 4.98 Å². The maximum absolute atomic E-state index is 12.2. The number of nitrogens with zero attached hydrogens (tertiary/aromatic N) is 3. The Morgan fingerprint density at radius 2 is 2.29 bits per heavy atom. The van der Waals surface area contributed by atoms with Gasteiger partial charge in [-0.2, -0.15) is 5.10 Å². The number of aliphatic hydroxyl groups is 1. The topological polar surface area (TPSA) is 80.0 Å². The van der Waals surface area contributed by atoms with Crippen molar-refractivity contribution in [1.82, 2.24) is 20.1 Å². The van der Waals surface area contributed by atoms with E-state index in [2.05, 4.69) is 22.3 Å². The Balaban J connectivity index is 2.10. The first-order valence-electron chi connectivity index (χ1n) is 7.25. The van der Waals surface area contributed by atoms with Gasteiger partial charge < -0.3 is 10.4 Å². The third-order valence-electron chi connectivity index (χ3n) is 3.79. The molecule has 0 saturated heterocycles. The summed E-state index contributed by atoms with van der Waals surface area (Å²) in [6.45, 7) is 4.68. The van der Waals surface area contributed by atoms with Crippen LogP contribution in [0.1, 0.15) is 35.8 Å². The smallest absolute Gasteiger partial charge is 0.252 e. The largest absolute Gasteiger partial charge is 0.396 e. The fraction of sp³-hybridized carbons (Fsp3) is 0.533. The summed E-state index contributed by atoms with van der Waals surface area (Å²) < 4.78 is 1.71. The molecule has 1 amide bonds. The molecule has 1 atom stereocenters. The Hall–Kier alpha value is -1.95. The number of amides is 1. The fourth-order valence-corrected chi connectivity index (χ4v) is 2.40. The van der Waals surface area contributed by atoms with Crippen LogP contribution in [0.4, 0.5) is 0 Å². The van der Waals surface area contributed by atoms with Crippen molar-refractivity contribution >= 4 is 16.9 Å². The molecule has 2 aromatic heterocycles. The summed E-state index contributed by atoms with van der Waals surface area (Å²) in [5, 5.41) is 17.1. The Kier molecular flexibility index (Phi) is 4.90. The number of carbonyl (C=O) groups is 1. The Morgan fingerprint density at radius 3 is 2.95 bits per heavy atom. The monoisotopic (exact) mass is 290 g/mol. The van der Waals surface area contributed by atoms with E-state index in [9.17, 15) is 4.79 Å². The second-order valence-corrected chi connectivity index (χ2v) is 5.30. The molecule has 2 aromatic rings. The lowest BCUT2D eigenvalue weighted by molar-refractivity contribution is 0.0943. The highest BCUT2D eigenvalue weighted by Crippen LogP contribution is 2.16. The number of fused-ring (bicyclic) bond motifs is 1. The molecule has 6 nitrogen and oxygen atoms in total. The predicted octanol–water partition coefficient (Wildman–Crippen LogP) is 1.42. The number of aryl methyl sites for hydroxylation is 2. The van der Waals surface area contributed by atoms with Crippen molar-refractivity contribution in [2.24, 2.45) is 13.0 Å². The molecule has 0 aliphatic rings. The maximum Gasteiger partial charge on any atom is 0.252 e. The summed E-state index contributed by atoms with van der Waals surface area (Å²) in [7, 11) is 1.84. The quantitative estimate of drug-likeness (QED) is 0.843. The third-order valence-corrected chi connectivity index (χ3v) is 3.79. The molecular formula is C15H22N4O2. The molecule has 0 aromatic carbocycles. The lowest BCUT2D eigenvalue weighted by Crippen LogP contribution is -2.29. The van der Waals surface area contributed by atoms with Gasteiger partial charge in [0.1, 0.15) is 0 Å². The molecule has 0 aliphatic heterocycles. The lowest BCUT2D eigenvalue weighted by Gasteiger charge is -2.14. The molecule has 2 N–H and O–H groups in total. The van der Waals surface area contributed by atoms with Crippen molar-refractivity contribution in [2.45, 2.75) is 26.7 Å². The molecule has 1 unspecified atom stereocenters. The van der Waals surface area contributed by atoms with Gasteiger partial charge in [0.25, 0.3) is 5.91 Å². The van der Waals surface area contributed by atoms with Gasteiger partial charge in [-0.15, -0.1) is 0 Å². The van der Waals surface area contributed by atoms with E-state index in [0.717, 1.165) is 23.1 Å². The molecule has 0 spiro atoms. The van der Waals surface area contributed by atoms with Crippen molar-refractivity contribution in [3.05, 3.63) is 23.5 Å². The Morgan fingerprint density at radius 1 is 1.52 bits per heavy atom. The molecule has 0 saturated carbocycles. The Labute approximate surface area is 124 Å². The van der Waals surface area contributed by atoms with E-state index < -0.39 is 0 Å². The highest BCUT2D eigenvalue weighted by molar-refractivity contribution is 5.97. The number of rotatable bonds is 6. The third kappa shape index (κ3) is 3.39. The average molecular weight is 290 g/mol. The predicted molar refractivity (Wildman–Crippen MR) is 81.1 cm³/mol. The minimum absolute atomic E-state index is 0.135. The second-order valence-electron chi connectivity index (χ2n) is 5.30. The van der Waals surface area contributed by atoms with Gasteiger partial charge >= 0.3 is 0 Å². The van der Waals surface area contributed by atoms with Gasteiger partial charge in [0.15, 0.2) is 5.65 Å². The number of nitrogens with one attached hydrogen (secondary N) is 1. The van der Waals surface area contributed by atoms with Crippen LogP contribution in [-0.4, -0.2) is 38.9 Å². The van der Waals surface area contributed by atoms with Gasteiger partial charge in [-0.3, -0.25) is 9.48 Å². The number of hydrogen-bond acceptors (Lipinski definition) is 4. The van der Waals surface area contributed by atoms with Crippen molar-refractivity contribution in [1.29, 1.82) is 0 Å². The minimum atomic E-state index is -0.135. The maximum atomic E-state index is 12.2. The summed E-state index contributed by atoms with van der Waals surface area (Å²) in [5.41, 5.74) is 2.18. The Bertz CT molecular complexity index is 636. The zero-order chi connectivity index (χ0) is 15.4. The summed E-state index contributed by atoms with van der Waals surface area (Å²) in [4.78, 5) is 16.5. The van der Waals surface area contributed by atoms with Crippen molar-refractivity contribution < 1.29 is 9.90 Å². The first-order chi connectivity index (χ1) is 10.1. The standard InChI is InChI=1S/C15H22N4O2/c1-4-11(5-6-20)8-17-15(21)12-7-13-10(2)18-19(3)14(13)16-9-12/h7,9,11,20H,4-6,8H2,1-3H3,(H,17,21). The molecule has 2 rings (SSSR count). The van der Waals surface area contributed by atoms with Gasteiger partial charge in [-0.05, 0) is 25.3 Å². The van der Waals surface area contributed by atoms with E-state index in [4.69, 9.17) is 5.11 Å². The van der Waals surface area contributed by atoms with E-state index in [-0.39, 0.29) is 12.5 Å². The SMILES string of the molecule is CCC(CCO)CNC(=O)c1cnc2c(c1)c(C)nn2C. The number of hydrogen-bond donors (Lipinski definition) is 2. The summed E-state index contributed by atoms with van der Waals surface area (Å²) in [5.74, 6) is 0.166. The molecule has 0 aliphatic carbocycles. The molecule has 6 heteroatoms. The first-order valence-corrected chi connectivity index (χ1v) is 7.25. The highest BCUT2D eigenvalue weighted by atomic mass is 16.3. The fourth-order valence-electron chi connectivity index (χ4n) is 2.40. The van der Waals surface area contributed by atoms with Crippen LogP contribution in [0.2, 0.25) is 0 Å². The first kappa shape index (κ1) is 15.4. The van der Waals surface area contributed by atoms with Crippen molar-refractivity contribution in [3.63, 3.8) is 0 Å². The second kappa shape index (κ2) is 6.67. The van der Waals surface area contributed by atoms with Crippen LogP contribution in [0.5, 0.6) is 0 Å². The average Bonchev–Trinajstić information content (AvgIpc) is 2.77. The van der Waals surface area contributed by atoms with Crippen LogP contribution < -0.4 is 5.32 Å². The van der Waals surface area contributed by atoms with E-state index in [1.165, 1.54) is 0 Å². The van der Waals surface area contributed by atoms with Crippen LogP contribution in [0.25, 0.3) is 11.0 Å². The van der Waals surface area contributed by atoms with Crippen LogP contribution >= 0.6 is 0 Å². The molecule has 114 valence electrons. The molecule has 0 bridgehead atoms. The van der Waals surface area contributed by atoms with E-state index in [1.54, 1.807) is 10.9 Å². The summed E-state index contributed by atoms with van der Waals surface area (Å²) in [6.07, 6.45) is 3.21. The van der Waals surface area contributed by atoms with Gasteiger partial charge in [0.05, 0.1) is 11.3 Å². The number of aromatic nitrogens is 3. The molecule has 21 heavy (non-hydrogen) atoms. The summed E-state index contributed by atoms with van der Waals surface area (Å²) in [6, 6.07) is 1.83. The highest BCUT2D eigenvalue weighted by Gasteiger charge is 2.13. The number of carbonyl (C=O) groups excluding carboxylic acids is 1. The van der Waals surface area contributed by atoms with Crippen LogP contribution in [0, 0.1) is 12.8 Å². The lowest BCUT2D eigenvalue weighted by atomic mass is 10.0. The van der Waals surface area contributed by atoms with E-state index in [0.29, 0.717) is 24.4 Å². The number of aliphatic hydroxyl groups excluding tert-OH is 1. The molecule has 0 fully saturated rings. The summed E-state index contributed by atoms with van der Waals surface area (Å²) >= 11 is 0. The van der Waals surface area contributed by atoms with Crippen LogP contribution in [0.3, 0.4) is 0 Å². The normalized spacial score (nSPS) is 12.6. The van der Waals surface area contributed by atoms with E-state index >= 15 is 0 Å². The van der Waals surface area contributed by atoms with Crippen molar-refractivity contribution in [3.8, 4) is 0 Å². The molecular weight excluding hydrogens is 268 g/mol. The van der Waals surface area contributed by atoms with Gasteiger partial charge in [0, 0.05) is 31.8 Å². The van der Waals surface area contributed by atoms with E-state index in [1.807, 2.05) is 20.0 Å². The van der Waals surface area contributed by atoms with Gasteiger partial charge in [0.2, 0.25) is 0 Å². The van der Waals surface area contributed by atoms with Gasteiger partial charge in [-0.1, -0.05) is 13.3 Å². The zero-order valence-electron chi connectivity index (χ0n) is 12.8. The van der Waals surface area contributed by atoms with Crippen LogP contribution in [0.15, 0.2) is 12.3 Å². The minimum Gasteiger partial charge on any atom is -0.396 e. The van der Waals surface area contributed by atoms with Crippen molar-refractivity contribution in [2.75, 3.05) is 13.2 Å². The number of pyridine rings is 1. The van der Waals surface area contributed by atoms with Crippen LogP contribution in [-0.2, 0) is 7.05 Å².